The summed E-state index contributed by atoms with van der Waals surface area (Å²) >= 11 is 0. The number of nitrogens with zero attached hydrogens (tertiary/aromatic N) is 1. The minimum atomic E-state index is -3.53. The lowest BCUT2D eigenvalue weighted by atomic mass is 10.1. The van der Waals surface area contributed by atoms with Crippen LogP contribution in [0.3, 0.4) is 0 Å². The molecule has 0 bridgehead atoms. The van der Waals surface area contributed by atoms with E-state index in [4.69, 9.17) is 0 Å². The van der Waals surface area contributed by atoms with Crippen LogP contribution in [0.2, 0.25) is 0 Å². The maximum atomic E-state index is 12.4. The van der Waals surface area contributed by atoms with E-state index in [9.17, 15) is 8.42 Å². The molecule has 0 unspecified atom stereocenters. The van der Waals surface area contributed by atoms with Gasteiger partial charge in [-0.3, -0.25) is 4.98 Å². The maximum absolute atomic E-state index is 12.4. The fraction of sp³-hybridized carbons (Fsp3) is 0.267. The Morgan fingerprint density at radius 1 is 1.10 bits per heavy atom. The van der Waals surface area contributed by atoms with E-state index in [1.165, 1.54) is 0 Å². The van der Waals surface area contributed by atoms with Gasteiger partial charge >= 0.3 is 0 Å². The summed E-state index contributed by atoms with van der Waals surface area (Å²) in [5.41, 5.74) is 2.62. The first kappa shape index (κ1) is 15.6. The topological polar surface area (TPSA) is 71.1 Å². The highest BCUT2D eigenvalue weighted by atomic mass is 32.2. The van der Waals surface area contributed by atoms with Crippen LogP contribution in [0.1, 0.15) is 16.7 Å². The second-order valence-corrected chi connectivity index (χ2v) is 6.49. The molecule has 0 radical (unpaired) electrons. The van der Waals surface area contributed by atoms with E-state index in [1.54, 1.807) is 36.7 Å². The SMILES string of the molecule is CNCc1cccc(S(=O)(=O)NCc2ccncc2)c1C. The van der Waals surface area contributed by atoms with Crippen molar-refractivity contribution in [2.24, 2.45) is 0 Å². The molecule has 0 aliphatic heterocycles. The molecule has 0 atom stereocenters. The van der Waals surface area contributed by atoms with Gasteiger partial charge in [-0.2, -0.15) is 0 Å². The van der Waals surface area contributed by atoms with Gasteiger partial charge in [0.05, 0.1) is 4.90 Å². The third kappa shape index (κ3) is 3.87. The number of pyridine rings is 1. The zero-order valence-electron chi connectivity index (χ0n) is 12.1. The molecule has 1 heterocycles. The van der Waals surface area contributed by atoms with Crippen molar-refractivity contribution >= 4 is 10.0 Å². The molecular weight excluding hydrogens is 286 g/mol. The van der Waals surface area contributed by atoms with E-state index in [1.807, 2.05) is 20.0 Å². The Balaban J connectivity index is 2.22. The van der Waals surface area contributed by atoms with Gasteiger partial charge in [-0.05, 0) is 48.9 Å². The van der Waals surface area contributed by atoms with E-state index in [2.05, 4.69) is 15.0 Å². The largest absolute Gasteiger partial charge is 0.316 e. The van der Waals surface area contributed by atoms with Crippen molar-refractivity contribution in [2.75, 3.05) is 7.05 Å². The smallest absolute Gasteiger partial charge is 0.241 e. The van der Waals surface area contributed by atoms with Gasteiger partial charge in [-0.1, -0.05) is 12.1 Å². The molecule has 2 aromatic rings. The van der Waals surface area contributed by atoms with Gasteiger partial charge < -0.3 is 5.32 Å². The molecule has 6 heteroatoms. The summed E-state index contributed by atoms with van der Waals surface area (Å²) in [6.07, 6.45) is 3.28. The number of nitrogens with one attached hydrogen (secondary N) is 2. The van der Waals surface area contributed by atoms with Crippen LogP contribution in [0.25, 0.3) is 0 Å². The van der Waals surface area contributed by atoms with Crippen LogP contribution < -0.4 is 10.0 Å². The van der Waals surface area contributed by atoms with Gasteiger partial charge in [0.1, 0.15) is 0 Å². The Labute approximate surface area is 125 Å². The monoisotopic (exact) mass is 305 g/mol. The van der Waals surface area contributed by atoms with Crippen molar-refractivity contribution in [1.82, 2.24) is 15.0 Å². The lowest BCUT2D eigenvalue weighted by Gasteiger charge is -2.12. The van der Waals surface area contributed by atoms with Gasteiger partial charge in [0.25, 0.3) is 0 Å². The average molecular weight is 305 g/mol. The van der Waals surface area contributed by atoms with Crippen LogP contribution in [0, 0.1) is 6.92 Å². The first-order chi connectivity index (χ1) is 10.0. The lowest BCUT2D eigenvalue weighted by Crippen LogP contribution is -2.24. The van der Waals surface area contributed by atoms with Gasteiger partial charge in [0.15, 0.2) is 0 Å². The van der Waals surface area contributed by atoms with E-state index in [0.717, 1.165) is 16.7 Å². The number of benzene rings is 1. The minimum absolute atomic E-state index is 0.251. The number of hydrogen-bond donors (Lipinski definition) is 2. The molecule has 2 N–H and O–H groups in total. The molecule has 5 nitrogen and oxygen atoms in total. The third-order valence-electron chi connectivity index (χ3n) is 3.27. The van der Waals surface area contributed by atoms with Crippen LogP contribution in [-0.2, 0) is 23.1 Å². The first-order valence-corrected chi connectivity index (χ1v) is 8.14. The Morgan fingerprint density at radius 3 is 2.48 bits per heavy atom. The first-order valence-electron chi connectivity index (χ1n) is 6.66. The van der Waals surface area contributed by atoms with Gasteiger partial charge in [-0.15, -0.1) is 0 Å². The van der Waals surface area contributed by atoms with Crippen molar-refractivity contribution in [3.8, 4) is 0 Å². The molecule has 0 aliphatic carbocycles. The predicted molar refractivity (Wildman–Crippen MR) is 82.2 cm³/mol. The summed E-state index contributed by atoms with van der Waals surface area (Å²) in [7, 11) is -1.69. The van der Waals surface area contributed by atoms with Crippen LogP contribution in [0.15, 0.2) is 47.6 Å². The Bertz CT molecular complexity index is 700. The van der Waals surface area contributed by atoms with E-state index < -0.39 is 10.0 Å². The van der Waals surface area contributed by atoms with Gasteiger partial charge in [0.2, 0.25) is 10.0 Å². The normalized spacial score (nSPS) is 11.5. The molecule has 2 rings (SSSR count). The van der Waals surface area contributed by atoms with Crippen molar-refractivity contribution in [1.29, 1.82) is 0 Å². The summed E-state index contributed by atoms with van der Waals surface area (Å²) in [4.78, 5) is 4.23. The van der Waals surface area contributed by atoms with Crippen molar-refractivity contribution in [3.05, 3.63) is 59.4 Å². The fourth-order valence-corrected chi connectivity index (χ4v) is 3.39. The predicted octanol–water partition coefficient (Wildman–Crippen LogP) is 1.59. The van der Waals surface area contributed by atoms with Gasteiger partial charge in [-0.25, -0.2) is 13.1 Å². The average Bonchev–Trinajstić information content (AvgIpc) is 2.48. The van der Waals surface area contributed by atoms with Crippen LogP contribution in [0.4, 0.5) is 0 Å². The van der Waals surface area contributed by atoms with Gasteiger partial charge in [0, 0.05) is 25.5 Å². The second kappa shape index (κ2) is 6.80. The minimum Gasteiger partial charge on any atom is -0.316 e. The standard InChI is InChI=1S/C15H19N3O2S/c1-12-14(11-16-2)4-3-5-15(12)21(19,20)18-10-13-6-8-17-9-7-13/h3-9,16,18H,10-11H2,1-2H3. The Morgan fingerprint density at radius 2 is 1.81 bits per heavy atom. The summed E-state index contributed by atoms with van der Waals surface area (Å²) in [5.74, 6) is 0. The molecule has 0 fully saturated rings. The highest BCUT2D eigenvalue weighted by Gasteiger charge is 2.17. The number of aromatic nitrogens is 1. The molecule has 1 aromatic carbocycles. The number of sulfonamides is 1. The summed E-state index contributed by atoms with van der Waals surface area (Å²) in [6, 6.07) is 8.89. The molecule has 112 valence electrons. The Kier molecular flexibility index (Phi) is 5.06. The van der Waals surface area contributed by atoms with Crippen molar-refractivity contribution < 1.29 is 8.42 Å². The molecular formula is C15H19N3O2S. The van der Waals surface area contributed by atoms with E-state index in [-0.39, 0.29) is 6.54 Å². The second-order valence-electron chi connectivity index (χ2n) is 4.75. The number of rotatable bonds is 6. The zero-order chi connectivity index (χ0) is 15.3. The molecule has 0 saturated carbocycles. The molecule has 0 aliphatic rings. The van der Waals surface area contributed by atoms with Crippen LogP contribution >= 0.6 is 0 Å². The molecule has 21 heavy (non-hydrogen) atoms. The molecule has 1 aromatic heterocycles. The Hall–Kier alpha value is -1.76. The summed E-state index contributed by atoms with van der Waals surface area (Å²) in [6.45, 7) is 2.72. The quantitative estimate of drug-likeness (QED) is 0.850. The highest BCUT2D eigenvalue weighted by Crippen LogP contribution is 2.19. The fourth-order valence-electron chi connectivity index (χ4n) is 2.09. The molecule has 0 saturated heterocycles. The third-order valence-corrected chi connectivity index (χ3v) is 4.81. The highest BCUT2D eigenvalue weighted by molar-refractivity contribution is 7.89. The van der Waals surface area contributed by atoms with E-state index >= 15 is 0 Å². The van der Waals surface area contributed by atoms with Crippen molar-refractivity contribution in [2.45, 2.75) is 24.9 Å². The summed E-state index contributed by atoms with van der Waals surface area (Å²) < 4.78 is 27.5. The van der Waals surface area contributed by atoms with Crippen molar-refractivity contribution in [3.63, 3.8) is 0 Å². The van der Waals surface area contributed by atoms with E-state index in [0.29, 0.717) is 11.4 Å². The molecule has 0 spiro atoms. The van der Waals surface area contributed by atoms with Crippen LogP contribution in [0.5, 0.6) is 0 Å². The molecule has 0 amide bonds. The van der Waals surface area contributed by atoms with Crippen LogP contribution in [-0.4, -0.2) is 20.4 Å². The number of hydrogen-bond acceptors (Lipinski definition) is 4. The zero-order valence-corrected chi connectivity index (χ0v) is 12.9. The lowest BCUT2D eigenvalue weighted by molar-refractivity contribution is 0.580. The maximum Gasteiger partial charge on any atom is 0.241 e. The summed E-state index contributed by atoms with van der Waals surface area (Å²) in [5, 5.41) is 3.04.